The number of benzene rings is 2. The summed E-state index contributed by atoms with van der Waals surface area (Å²) < 4.78 is 19.9. The molecular formula is C27H25FN6O5. The van der Waals surface area contributed by atoms with Crippen LogP contribution in [0.25, 0.3) is 11.4 Å². The number of carboxylic acids is 1. The number of amides is 3. The fourth-order valence-electron chi connectivity index (χ4n) is 3.50. The van der Waals surface area contributed by atoms with E-state index in [1.54, 1.807) is 54.7 Å². The second kappa shape index (κ2) is 12.3. The molecule has 7 N–H and O–H groups in total. The second-order valence-electron chi connectivity index (χ2n) is 8.30. The van der Waals surface area contributed by atoms with Gasteiger partial charge in [0, 0.05) is 37.2 Å². The molecule has 2 aromatic carbocycles. The van der Waals surface area contributed by atoms with E-state index in [2.05, 4.69) is 25.9 Å². The van der Waals surface area contributed by atoms with Crippen LogP contribution in [-0.4, -0.2) is 39.5 Å². The molecule has 0 bridgehead atoms. The van der Waals surface area contributed by atoms with Gasteiger partial charge < -0.3 is 36.5 Å². The van der Waals surface area contributed by atoms with Crippen LogP contribution in [0, 0.1) is 5.82 Å². The number of nitrogens with one attached hydrogen (secondary N) is 4. The quantitative estimate of drug-likeness (QED) is 0.177. The van der Waals surface area contributed by atoms with Gasteiger partial charge in [-0.3, -0.25) is 14.6 Å². The first-order valence-electron chi connectivity index (χ1n) is 11.8. The third-order valence-electron chi connectivity index (χ3n) is 5.44. The van der Waals surface area contributed by atoms with Crippen molar-refractivity contribution in [2.75, 3.05) is 17.2 Å². The minimum absolute atomic E-state index is 0.0243. The van der Waals surface area contributed by atoms with E-state index in [1.807, 2.05) is 0 Å². The molecule has 39 heavy (non-hydrogen) atoms. The summed E-state index contributed by atoms with van der Waals surface area (Å²) in [6, 6.07) is 15.2. The van der Waals surface area contributed by atoms with Gasteiger partial charge in [-0.05, 0) is 54.1 Å². The van der Waals surface area contributed by atoms with Crippen LogP contribution in [0.1, 0.15) is 22.3 Å². The zero-order valence-corrected chi connectivity index (χ0v) is 20.5. The molecule has 2 aromatic heterocycles. The predicted octanol–water partition coefficient (Wildman–Crippen LogP) is 4.32. The van der Waals surface area contributed by atoms with Crippen molar-refractivity contribution < 1.29 is 28.6 Å². The molecular weight excluding hydrogens is 507 g/mol. The summed E-state index contributed by atoms with van der Waals surface area (Å²) in [5, 5.41) is 16.3. The number of carbonyl (C=O) groups excluding carboxylic acids is 2. The van der Waals surface area contributed by atoms with Crippen LogP contribution >= 0.6 is 0 Å². The van der Waals surface area contributed by atoms with E-state index in [0.717, 1.165) is 0 Å². The van der Waals surface area contributed by atoms with Crippen LogP contribution in [-0.2, 0) is 11.3 Å². The number of hydrogen-bond donors (Lipinski definition) is 6. The Hall–Kier alpha value is -5.23. The number of pyridine rings is 1. The molecule has 200 valence electrons. The summed E-state index contributed by atoms with van der Waals surface area (Å²) in [6.45, 7) is 0.243. The molecule has 0 atom stereocenters. The Bertz CT molecular complexity index is 1490. The van der Waals surface area contributed by atoms with Gasteiger partial charge in [0.25, 0.3) is 5.91 Å². The van der Waals surface area contributed by atoms with Crippen LogP contribution in [0.5, 0.6) is 11.5 Å². The number of rotatable bonds is 10. The van der Waals surface area contributed by atoms with Gasteiger partial charge in [0.1, 0.15) is 17.3 Å². The molecule has 4 aromatic rings. The fraction of sp³-hybridized carbons (Fsp3) is 0.111. The Labute approximate surface area is 222 Å². The van der Waals surface area contributed by atoms with Crippen LogP contribution < -0.4 is 26.4 Å². The van der Waals surface area contributed by atoms with Gasteiger partial charge in [-0.1, -0.05) is 6.07 Å². The number of aromatic nitrogens is 2. The van der Waals surface area contributed by atoms with Crippen LogP contribution in [0.4, 0.5) is 20.6 Å². The van der Waals surface area contributed by atoms with Crippen LogP contribution in [0.2, 0.25) is 0 Å². The number of carboxylic acid groups (broad SMARTS) is 1. The average molecular weight is 533 g/mol. The second-order valence-corrected chi connectivity index (χ2v) is 8.30. The van der Waals surface area contributed by atoms with Crippen molar-refractivity contribution in [2.45, 2.75) is 13.0 Å². The minimum atomic E-state index is -0.996. The van der Waals surface area contributed by atoms with Crippen molar-refractivity contribution in [3.8, 4) is 22.9 Å². The number of nitrogens with zero attached hydrogens (tertiary/aromatic N) is 1. The number of urea groups is 1. The van der Waals surface area contributed by atoms with Gasteiger partial charge >= 0.3 is 12.0 Å². The van der Waals surface area contributed by atoms with Gasteiger partial charge in [-0.2, -0.15) is 0 Å². The Morgan fingerprint density at radius 1 is 1.00 bits per heavy atom. The van der Waals surface area contributed by atoms with E-state index in [9.17, 15) is 18.8 Å². The lowest BCUT2D eigenvalue weighted by Crippen LogP contribution is -2.25. The molecule has 0 unspecified atom stereocenters. The standard InChI is InChI=1S/C27H25FN6O5/c28-21-6-1-16(14-29)11-22(21)34-27(38)33-18-2-4-19(5-3-18)39-20-7-9-30-24(13-20)23-12-17(15-32-23)26(37)31-10-8-25(35)36/h1-7,9,11-13,15,32H,8,10,14,29H2,(H,31,37)(H,35,36)(H2,33,34,38). The summed E-state index contributed by atoms with van der Waals surface area (Å²) in [6.07, 6.45) is 2.89. The summed E-state index contributed by atoms with van der Waals surface area (Å²) in [4.78, 5) is 42.4. The van der Waals surface area contributed by atoms with E-state index in [1.165, 1.54) is 18.3 Å². The minimum Gasteiger partial charge on any atom is -0.481 e. The van der Waals surface area contributed by atoms with Crippen molar-refractivity contribution in [3.63, 3.8) is 0 Å². The van der Waals surface area contributed by atoms with E-state index < -0.39 is 23.7 Å². The van der Waals surface area contributed by atoms with Crippen molar-refractivity contribution in [1.29, 1.82) is 0 Å². The Morgan fingerprint density at radius 3 is 2.54 bits per heavy atom. The predicted molar refractivity (Wildman–Crippen MR) is 142 cm³/mol. The maximum Gasteiger partial charge on any atom is 0.323 e. The third-order valence-corrected chi connectivity index (χ3v) is 5.44. The maximum atomic E-state index is 14.0. The van der Waals surface area contributed by atoms with Crippen molar-refractivity contribution in [2.24, 2.45) is 5.73 Å². The number of anilines is 2. The fourth-order valence-corrected chi connectivity index (χ4v) is 3.50. The summed E-state index contributed by atoms with van der Waals surface area (Å²) >= 11 is 0. The lowest BCUT2D eigenvalue weighted by molar-refractivity contribution is -0.136. The molecule has 4 rings (SSSR count). The number of nitrogens with two attached hydrogens (primary N) is 1. The summed E-state index contributed by atoms with van der Waals surface area (Å²) in [5.74, 6) is -0.996. The number of carbonyl (C=O) groups is 3. The summed E-state index contributed by atoms with van der Waals surface area (Å²) in [7, 11) is 0. The average Bonchev–Trinajstić information content (AvgIpc) is 3.42. The third kappa shape index (κ3) is 7.40. The van der Waals surface area contributed by atoms with Gasteiger partial charge in [0.2, 0.25) is 0 Å². The highest BCUT2D eigenvalue weighted by Gasteiger charge is 2.12. The molecule has 0 aliphatic rings. The number of H-pyrrole nitrogens is 1. The Morgan fingerprint density at radius 2 is 1.79 bits per heavy atom. The zero-order chi connectivity index (χ0) is 27.8. The largest absolute Gasteiger partial charge is 0.481 e. The normalized spacial score (nSPS) is 10.5. The monoisotopic (exact) mass is 532 g/mol. The summed E-state index contributed by atoms with van der Waals surface area (Å²) in [5.41, 5.74) is 8.18. The molecule has 0 aliphatic heterocycles. The maximum absolute atomic E-state index is 14.0. The Kier molecular flexibility index (Phi) is 8.49. The number of aromatic amines is 1. The highest BCUT2D eigenvalue weighted by atomic mass is 19.1. The molecule has 0 radical (unpaired) electrons. The van der Waals surface area contributed by atoms with Crippen molar-refractivity contribution >= 4 is 29.3 Å². The lowest BCUT2D eigenvalue weighted by Gasteiger charge is -2.11. The lowest BCUT2D eigenvalue weighted by atomic mass is 10.2. The SMILES string of the molecule is NCc1ccc(F)c(NC(=O)Nc2ccc(Oc3ccnc(-c4cc(C(=O)NCCC(=O)O)c[nH]4)c3)cc2)c1. The van der Waals surface area contributed by atoms with Gasteiger partial charge in [0.15, 0.2) is 0 Å². The molecule has 0 saturated carbocycles. The van der Waals surface area contributed by atoms with Gasteiger partial charge in [-0.15, -0.1) is 0 Å². The van der Waals surface area contributed by atoms with E-state index >= 15 is 0 Å². The molecule has 2 heterocycles. The highest BCUT2D eigenvalue weighted by Crippen LogP contribution is 2.27. The number of hydrogen-bond acceptors (Lipinski definition) is 6. The molecule has 0 fully saturated rings. The van der Waals surface area contributed by atoms with Crippen LogP contribution in [0.3, 0.4) is 0 Å². The number of ether oxygens (including phenoxy) is 1. The van der Waals surface area contributed by atoms with Crippen molar-refractivity contribution in [3.05, 3.63) is 90.0 Å². The topological polar surface area (TPSA) is 171 Å². The smallest absolute Gasteiger partial charge is 0.323 e. The van der Waals surface area contributed by atoms with E-state index in [4.69, 9.17) is 15.6 Å². The first-order chi connectivity index (χ1) is 18.8. The molecule has 12 heteroatoms. The zero-order valence-electron chi connectivity index (χ0n) is 20.5. The molecule has 3 amide bonds. The first-order valence-corrected chi connectivity index (χ1v) is 11.8. The molecule has 0 aliphatic carbocycles. The molecule has 0 saturated heterocycles. The van der Waals surface area contributed by atoms with Gasteiger partial charge in [0.05, 0.1) is 29.1 Å². The number of halogens is 1. The molecule has 11 nitrogen and oxygen atoms in total. The number of aliphatic carboxylic acids is 1. The van der Waals surface area contributed by atoms with E-state index in [-0.39, 0.29) is 25.2 Å². The van der Waals surface area contributed by atoms with Crippen molar-refractivity contribution in [1.82, 2.24) is 15.3 Å². The van der Waals surface area contributed by atoms with Gasteiger partial charge in [-0.25, -0.2) is 9.18 Å². The first kappa shape index (κ1) is 26.8. The van der Waals surface area contributed by atoms with Crippen LogP contribution in [0.15, 0.2) is 73.1 Å². The van der Waals surface area contributed by atoms with E-state index in [0.29, 0.717) is 39.7 Å². The highest BCUT2D eigenvalue weighted by molar-refractivity contribution is 6.00. The Balaban J connectivity index is 1.35. The molecule has 0 spiro atoms.